The smallest absolute Gasteiger partial charge is 0.138 e. The fourth-order valence-electron chi connectivity index (χ4n) is 2.00. The Morgan fingerprint density at radius 2 is 0.833 bits per heavy atom. The monoisotopic (exact) mass is 306 g/mol. The van der Waals surface area contributed by atoms with E-state index in [1.54, 1.807) is 36.4 Å². The van der Waals surface area contributed by atoms with Gasteiger partial charge in [0.1, 0.15) is 58.7 Å². The zero-order valence-electron chi connectivity index (χ0n) is 11.7. The molecule has 0 atom stereocenters. The van der Waals surface area contributed by atoms with Crippen molar-refractivity contribution in [2.45, 2.75) is 0 Å². The van der Waals surface area contributed by atoms with Gasteiger partial charge < -0.3 is 0 Å². The molecule has 2 N–H and O–H groups in total. The summed E-state index contributed by atoms with van der Waals surface area (Å²) >= 11 is 0. The van der Waals surface area contributed by atoms with Gasteiger partial charge in [0.2, 0.25) is 0 Å². The highest BCUT2D eigenvalue weighted by Crippen LogP contribution is 2.48. The third-order valence-corrected chi connectivity index (χ3v) is 2.92. The van der Waals surface area contributed by atoms with Gasteiger partial charge in [0.15, 0.2) is 0 Å². The van der Waals surface area contributed by atoms with Crippen molar-refractivity contribution >= 4 is 11.7 Å². The second-order valence-electron chi connectivity index (χ2n) is 3.92. The first-order valence-electron chi connectivity index (χ1n) is 5.84. The molecule has 1 rings (SSSR count). The van der Waals surface area contributed by atoms with Gasteiger partial charge in [-0.2, -0.15) is 31.6 Å². The van der Waals surface area contributed by atoms with Crippen LogP contribution in [0.15, 0.2) is 44.6 Å². The molecule has 0 bridgehead atoms. The van der Waals surface area contributed by atoms with Crippen LogP contribution in [0.5, 0.6) is 0 Å². The summed E-state index contributed by atoms with van der Waals surface area (Å²) in [5, 5.41) is 68.7. The van der Waals surface area contributed by atoms with Crippen molar-refractivity contribution in [2.75, 3.05) is 0 Å². The Kier molecular flexibility index (Phi) is 5.12. The predicted molar refractivity (Wildman–Crippen MR) is 77.2 cm³/mol. The Hall–Kier alpha value is -4.94. The van der Waals surface area contributed by atoms with Crippen molar-refractivity contribution in [3.63, 3.8) is 0 Å². The van der Waals surface area contributed by atoms with Crippen LogP contribution >= 0.6 is 0 Å². The molecule has 0 fully saturated rings. The Bertz CT molecular complexity index is 979. The first-order valence-corrected chi connectivity index (χ1v) is 5.84. The molecule has 1 aliphatic rings. The summed E-state index contributed by atoms with van der Waals surface area (Å²) in [6, 6.07) is 9.55. The van der Waals surface area contributed by atoms with Gasteiger partial charge in [0.05, 0.1) is 0 Å². The number of nitriles is 6. The first-order chi connectivity index (χ1) is 11.6. The van der Waals surface area contributed by atoms with Crippen molar-refractivity contribution < 1.29 is 0 Å². The van der Waals surface area contributed by atoms with Gasteiger partial charge in [-0.1, -0.05) is 0 Å². The maximum absolute atomic E-state index is 9.09. The highest BCUT2D eigenvalue weighted by Gasteiger charge is 2.39. The highest BCUT2D eigenvalue weighted by molar-refractivity contribution is 5.94. The molecule has 0 amide bonds. The maximum Gasteiger partial charge on any atom is 0.138 e. The summed E-state index contributed by atoms with van der Waals surface area (Å²) < 4.78 is 0. The molecule has 0 saturated carbocycles. The Balaban J connectivity index is 4.30. The fraction of sp³-hybridized carbons (Fsp3) is 0. The molecule has 106 valence electrons. The second-order valence-corrected chi connectivity index (χ2v) is 3.92. The van der Waals surface area contributed by atoms with E-state index in [1.807, 2.05) is 11.7 Å². The summed E-state index contributed by atoms with van der Waals surface area (Å²) in [5.74, 6) is 3.62. The van der Waals surface area contributed by atoms with Crippen LogP contribution in [0.3, 0.4) is 0 Å². The van der Waals surface area contributed by atoms with Crippen molar-refractivity contribution in [2.24, 2.45) is 0 Å². The minimum atomic E-state index is -0.503. The normalized spacial score (nSPS) is 10.8. The molecule has 8 nitrogen and oxygen atoms in total. The van der Waals surface area contributed by atoms with Crippen molar-refractivity contribution in [1.82, 2.24) is 0 Å². The standard InChI is InChI=1S/C16H2N8/c17-1-9(2-18)13-14(10(3-19)4-20)16(12(7-23)8-24)15(13)11(5-21)6-22/h17,19H. The number of hydrogen-bond acceptors (Lipinski definition) is 8. The van der Waals surface area contributed by atoms with Gasteiger partial charge in [0, 0.05) is 22.3 Å². The molecular weight excluding hydrogens is 304 g/mol. The lowest BCUT2D eigenvalue weighted by molar-refractivity contribution is 1.18. The average Bonchev–Trinajstić information content (AvgIpc) is 2.62. The van der Waals surface area contributed by atoms with E-state index < -0.39 is 22.3 Å². The SMILES string of the molecule is N#CC(=C=N)C1=C(C(=C=N)C#N)C(=C(C#N)C#N)C1=C(C#N)C#N. The third kappa shape index (κ3) is 2.37. The Morgan fingerprint density at radius 1 is 0.542 bits per heavy atom. The maximum atomic E-state index is 9.09. The molecule has 1 aliphatic carbocycles. The van der Waals surface area contributed by atoms with Gasteiger partial charge >= 0.3 is 0 Å². The zero-order valence-corrected chi connectivity index (χ0v) is 11.7. The van der Waals surface area contributed by atoms with Crippen LogP contribution in [0.4, 0.5) is 0 Å². The lowest BCUT2D eigenvalue weighted by Crippen LogP contribution is -2.20. The van der Waals surface area contributed by atoms with Crippen LogP contribution in [-0.2, 0) is 0 Å². The van der Waals surface area contributed by atoms with Crippen LogP contribution in [0.2, 0.25) is 0 Å². The van der Waals surface area contributed by atoms with E-state index in [0.717, 1.165) is 0 Å². The van der Waals surface area contributed by atoms with Crippen molar-refractivity contribution in [3.05, 3.63) is 44.6 Å². The van der Waals surface area contributed by atoms with Crippen LogP contribution in [0.1, 0.15) is 0 Å². The quantitative estimate of drug-likeness (QED) is 0.571. The van der Waals surface area contributed by atoms with Gasteiger partial charge in [-0.05, 0) is 11.7 Å². The Labute approximate surface area is 135 Å². The van der Waals surface area contributed by atoms with E-state index in [1.165, 1.54) is 0 Å². The van der Waals surface area contributed by atoms with E-state index in [0.29, 0.717) is 0 Å². The van der Waals surface area contributed by atoms with E-state index in [2.05, 4.69) is 0 Å². The molecule has 0 aromatic heterocycles. The molecule has 0 aromatic carbocycles. The molecule has 0 heterocycles. The Morgan fingerprint density at radius 3 is 1.00 bits per heavy atom. The van der Waals surface area contributed by atoms with Crippen LogP contribution < -0.4 is 0 Å². The summed E-state index contributed by atoms with van der Waals surface area (Å²) in [4.78, 5) is 0. The van der Waals surface area contributed by atoms with E-state index >= 15 is 0 Å². The first kappa shape index (κ1) is 17.1. The minimum Gasteiger partial charge on any atom is -0.258 e. The van der Waals surface area contributed by atoms with E-state index in [4.69, 9.17) is 42.4 Å². The lowest BCUT2D eigenvalue weighted by atomic mass is 9.68. The number of rotatable bonds is 2. The lowest BCUT2D eigenvalue weighted by Gasteiger charge is -2.28. The van der Waals surface area contributed by atoms with Crippen molar-refractivity contribution in [3.8, 4) is 36.4 Å². The molecule has 0 spiro atoms. The molecule has 0 aromatic rings. The average molecular weight is 306 g/mol. The highest BCUT2D eigenvalue weighted by atomic mass is 14.4. The van der Waals surface area contributed by atoms with Crippen LogP contribution in [0.25, 0.3) is 0 Å². The molecule has 0 unspecified atom stereocenters. The molecular formula is C16H2N8. The molecule has 0 radical (unpaired) electrons. The van der Waals surface area contributed by atoms with Crippen LogP contribution in [0, 0.1) is 78.8 Å². The largest absolute Gasteiger partial charge is 0.258 e. The third-order valence-electron chi connectivity index (χ3n) is 2.92. The van der Waals surface area contributed by atoms with Gasteiger partial charge in [0.25, 0.3) is 0 Å². The van der Waals surface area contributed by atoms with Gasteiger partial charge in [-0.25, -0.2) is 0 Å². The summed E-state index contributed by atoms with van der Waals surface area (Å²) in [5.41, 5.74) is -2.57. The topological polar surface area (TPSA) is 190 Å². The second kappa shape index (κ2) is 7.18. The van der Waals surface area contributed by atoms with E-state index in [-0.39, 0.29) is 22.3 Å². The number of allylic oxidation sites excluding steroid dienone is 8. The number of nitrogens with one attached hydrogen (secondary N) is 2. The molecule has 0 saturated heterocycles. The summed E-state index contributed by atoms with van der Waals surface area (Å²) in [6.45, 7) is 0. The predicted octanol–water partition coefficient (Wildman–Crippen LogP) is 1.38. The number of hydrogen-bond donors (Lipinski definition) is 2. The van der Waals surface area contributed by atoms with Gasteiger partial charge in [-0.15, -0.1) is 0 Å². The fourth-order valence-corrected chi connectivity index (χ4v) is 2.00. The number of nitrogens with zero attached hydrogens (tertiary/aromatic N) is 6. The minimum absolute atomic E-state index is 0.167. The van der Waals surface area contributed by atoms with Crippen LogP contribution in [-0.4, -0.2) is 11.7 Å². The van der Waals surface area contributed by atoms with E-state index in [9.17, 15) is 0 Å². The zero-order chi connectivity index (χ0) is 18.3. The van der Waals surface area contributed by atoms with Crippen molar-refractivity contribution in [1.29, 1.82) is 42.4 Å². The summed E-state index contributed by atoms with van der Waals surface area (Å²) in [6.07, 6.45) is 0. The molecule has 24 heavy (non-hydrogen) atoms. The molecule has 0 aliphatic heterocycles. The van der Waals surface area contributed by atoms with Gasteiger partial charge in [-0.3, -0.25) is 10.8 Å². The molecule has 8 heteroatoms. The summed E-state index contributed by atoms with van der Waals surface area (Å²) in [7, 11) is 0.